The third-order valence-electron chi connectivity index (χ3n) is 4.06. The molecule has 1 rings (SSSR count). The van der Waals surface area contributed by atoms with E-state index in [0.29, 0.717) is 12.1 Å². The molecule has 1 fully saturated rings. The topological polar surface area (TPSA) is 15.3 Å². The molecule has 0 saturated carbocycles. The molecule has 3 heteroatoms. The number of rotatable bonds is 6. The van der Waals surface area contributed by atoms with Crippen LogP contribution in [0.2, 0.25) is 0 Å². The maximum atomic E-state index is 3.74. The summed E-state index contributed by atoms with van der Waals surface area (Å²) in [6.45, 7) is 15.4. The number of nitrogens with one attached hydrogen (secondary N) is 1. The molecule has 18 heavy (non-hydrogen) atoms. The van der Waals surface area contributed by atoms with Crippen molar-refractivity contribution in [2.24, 2.45) is 17.8 Å². The van der Waals surface area contributed by atoms with Crippen LogP contribution >= 0.6 is 11.8 Å². The Bertz CT molecular complexity index is 231. The highest BCUT2D eigenvalue weighted by Crippen LogP contribution is 2.20. The summed E-state index contributed by atoms with van der Waals surface area (Å²) in [4.78, 5) is 2.74. The first-order chi connectivity index (χ1) is 8.45. The minimum Gasteiger partial charge on any atom is -0.311 e. The quantitative estimate of drug-likeness (QED) is 0.800. The van der Waals surface area contributed by atoms with Gasteiger partial charge in [0.05, 0.1) is 0 Å². The Morgan fingerprint density at radius 1 is 1.17 bits per heavy atom. The molecule has 0 aromatic rings. The summed E-state index contributed by atoms with van der Waals surface area (Å²) in [6.07, 6.45) is 2.21. The largest absolute Gasteiger partial charge is 0.311 e. The Morgan fingerprint density at radius 2 is 1.83 bits per heavy atom. The second-order valence-corrected chi connectivity index (χ2v) is 7.50. The van der Waals surface area contributed by atoms with Crippen molar-refractivity contribution in [1.82, 2.24) is 10.2 Å². The van der Waals surface area contributed by atoms with Crippen LogP contribution in [-0.4, -0.2) is 48.6 Å². The molecule has 1 N–H and O–H groups in total. The van der Waals surface area contributed by atoms with E-state index in [0.717, 1.165) is 24.3 Å². The Kier molecular flexibility index (Phi) is 7.04. The number of thioether (sulfide) groups is 1. The fourth-order valence-electron chi connectivity index (χ4n) is 2.91. The average Bonchev–Trinajstić information content (AvgIpc) is 2.28. The van der Waals surface area contributed by atoms with Gasteiger partial charge in [0.2, 0.25) is 0 Å². The molecule has 2 nitrogen and oxygen atoms in total. The van der Waals surface area contributed by atoms with Crippen LogP contribution < -0.4 is 5.32 Å². The normalized spacial score (nSPS) is 28.0. The lowest BCUT2D eigenvalue weighted by Crippen LogP contribution is -2.60. The highest BCUT2D eigenvalue weighted by molar-refractivity contribution is 7.98. The molecule has 0 radical (unpaired) electrons. The van der Waals surface area contributed by atoms with Crippen LogP contribution in [0.25, 0.3) is 0 Å². The van der Waals surface area contributed by atoms with Crippen molar-refractivity contribution in [1.29, 1.82) is 0 Å². The van der Waals surface area contributed by atoms with Gasteiger partial charge in [-0.1, -0.05) is 34.6 Å². The first-order valence-corrected chi connectivity index (χ1v) is 8.81. The van der Waals surface area contributed by atoms with Gasteiger partial charge < -0.3 is 5.32 Å². The highest BCUT2D eigenvalue weighted by atomic mass is 32.2. The van der Waals surface area contributed by atoms with Crippen LogP contribution in [0, 0.1) is 17.8 Å². The SMILES string of the molecule is CSCC(C)CN1CC(C(C)C)NCC1C(C)C. The molecule has 3 unspecified atom stereocenters. The van der Waals surface area contributed by atoms with Crippen molar-refractivity contribution >= 4 is 11.8 Å². The lowest BCUT2D eigenvalue weighted by molar-refractivity contribution is 0.0750. The van der Waals surface area contributed by atoms with E-state index in [-0.39, 0.29) is 0 Å². The second kappa shape index (κ2) is 7.76. The summed E-state index contributed by atoms with van der Waals surface area (Å²) in [5.74, 6) is 3.55. The van der Waals surface area contributed by atoms with Crippen LogP contribution in [-0.2, 0) is 0 Å². The molecule has 0 aromatic carbocycles. The fraction of sp³-hybridized carbons (Fsp3) is 1.00. The van der Waals surface area contributed by atoms with Gasteiger partial charge in [-0.15, -0.1) is 0 Å². The number of nitrogens with zero attached hydrogens (tertiary/aromatic N) is 1. The summed E-state index contributed by atoms with van der Waals surface area (Å²) in [7, 11) is 0. The number of piperazine rings is 1. The molecule has 108 valence electrons. The zero-order valence-electron chi connectivity index (χ0n) is 13.1. The number of hydrogen-bond donors (Lipinski definition) is 1. The average molecular weight is 273 g/mol. The van der Waals surface area contributed by atoms with Gasteiger partial charge in [0.25, 0.3) is 0 Å². The minimum absolute atomic E-state index is 0.668. The molecule has 3 atom stereocenters. The van der Waals surface area contributed by atoms with E-state index in [1.165, 1.54) is 18.8 Å². The van der Waals surface area contributed by atoms with Crippen molar-refractivity contribution in [3.63, 3.8) is 0 Å². The Morgan fingerprint density at radius 3 is 2.33 bits per heavy atom. The van der Waals surface area contributed by atoms with Crippen LogP contribution in [0.1, 0.15) is 34.6 Å². The molecule has 0 aliphatic carbocycles. The first-order valence-electron chi connectivity index (χ1n) is 7.42. The molecule has 1 aliphatic heterocycles. The van der Waals surface area contributed by atoms with Crippen molar-refractivity contribution in [2.45, 2.75) is 46.7 Å². The lowest BCUT2D eigenvalue weighted by atomic mass is 9.93. The molecule has 0 amide bonds. The van der Waals surface area contributed by atoms with Gasteiger partial charge >= 0.3 is 0 Å². The third kappa shape index (κ3) is 4.75. The van der Waals surface area contributed by atoms with Crippen LogP contribution in [0.5, 0.6) is 0 Å². The van der Waals surface area contributed by atoms with Crippen LogP contribution in [0.15, 0.2) is 0 Å². The maximum Gasteiger partial charge on any atom is 0.0244 e. The molecular formula is C15H32N2S. The smallest absolute Gasteiger partial charge is 0.0244 e. The summed E-state index contributed by atoms with van der Waals surface area (Å²) in [5.41, 5.74) is 0. The van der Waals surface area contributed by atoms with Crippen molar-refractivity contribution in [2.75, 3.05) is 31.6 Å². The van der Waals surface area contributed by atoms with Crippen molar-refractivity contribution in [3.05, 3.63) is 0 Å². The van der Waals surface area contributed by atoms with Gasteiger partial charge in [-0.05, 0) is 29.8 Å². The highest BCUT2D eigenvalue weighted by Gasteiger charge is 2.31. The minimum atomic E-state index is 0.668. The van der Waals surface area contributed by atoms with E-state index in [2.05, 4.69) is 51.1 Å². The lowest BCUT2D eigenvalue weighted by Gasteiger charge is -2.44. The molecule has 0 bridgehead atoms. The monoisotopic (exact) mass is 272 g/mol. The summed E-state index contributed by atoms with van der Waals surface area (Å²) in [5, 5.41) is 3.74. The Hall–Kier alpha value is 0.270. The van der Waals surface area contributed by atoms with E-state index < -0.39 is 0 Å². The standard InChI is InChI=1S/C15H32N2S/c1-11(2)14-9-17(8-13(5)10-18-6)15(7-16-14)12(3)4/h11-16H,7-10H2,1-6H3. The summed E-state index contributed by atoms with van der Waals surface area (Å²) >= 11 is 1.97. The second-order valence-electron chi connectivity index (χ2n) is 6.58. The van der Waals surface area contributed by atoms with Gasteiger partial charge in [0.1, 0.15) is 0 Å². The summed E-state index contributed by atoms with van der Waals surface area (Å²) in [6, 6.07) is 1.38. The van der Waals surface area contributed by atoms with Gasteiger partial charge in [0, 0.05) is 31.7 Å². The van der Waals surface area contributed by atoms with Gasteiger partial charge in [-0.25, -0.2) is 0 Å². The summed E-state index contributed by atoms with van der Waals surface area (Å²) < 4.78 is 0. The molecule has 0 aromatic heterocycles. The maximum absolute atomic E-state index is 3.74. The van der Waals surface area contributed by atoms with Crippen LogP contribution in [0.3, 0.4) is 0 Å². The molecule has 0 spiro atoms. The van der Waals surface area contributed by atoms with Gasteiger partial charge in [-0.2, -0.15) is 11.8 Å². The molecule has 1 saturated heterocycles. The Labute approximate surface area is 118 Å². The molecular weight excluding hydrogens is 240 g/mol. The van der Waals surface area contributed by atoms with E-state index in [1.807, 2.05) is 11.8 Å². The molecule has 1 heterocycles. The first kappa shape index (κ1) is 16.3. The number of hydrogen-bond acceptors (Lipinski definition) is 3. The third-order valence-corrected chi connectivity index (χ3v) is 4.96. The van der Waals surface area contributed by atoms with Crippen molar-refractivity contribution in [3.8, 4) is 0 Å². The van der Waals surface area contributed by atoms with E-state index >= 15 is 0 Å². The van der Waals surface area contributed by atoms with Gasteiger partial charge in [-0.3, -0.25) is 4.90 Å². The van der Waals surface area contributed by atoms with E-state index in [1.54, 1.807) is 0 Å². The molecule has 1 aliphatic rings. The Balaban J connectivity index is 2.60. The zero-order chi connectivity index (χ0) is 13.7. The zero-order valence-corrected chi connectivity index (χ0v) is 13.9. The van der Waals surface area contributed by atoms with Crippen molar-refractivity contribution < 1.29 is 0 Å². The predicted molar refractivity (Wildman–Crippen MR) is 84.4 cm³/mol. The fourth-order valence-corrected chi connectivity index (χ4v) is 3.58. The predicted octanol–water partition coefficient (Wildman–Crippen LogP) is 2.94. The van der Waals surface area contributed by atoms with Gasteiger partial charge in [0.15, 0.2) is 0 Å². The van der Waals surface area contributed by atoms with Crippen LogP contribution in [0.4, 0.5) is 0 Å². The van der Waals surface area contributed by atoms with E-state index in [9.17, 15) is 0 Å². The van der Waals surface area contributed by atoms with E-state index in [4.69, 9.17) is 0 Å².